The summed E-state index contributed by atoms with van der Waals surface area (Å²) in [6.07, 6.45) is -3.50. The lowest BCUT2D eigenvalue weighted by Gasteiger charge is -2.18. The van der Waals surface area contributed by atoms with Gasteiger partial charge in [-0.2, -0.15) is 13.2 Å². The molecule has 0 saturated heterocycles. The number of alkyl halides is 3. The van der Waals surface area contributed by atoms with E-state index < -0.39 is 17.7 Å². The molecule has 6 nitrogen and oxygen atoms in total. The predicted molar refractivity (Wildman–Crippen MR) is 129 cm³/mol. The van der Waals surface area contributed by atoms with Crippen molar-refractivity contribution >= 4 is 30.0 Å². The summed E-state index contributed by atoms with van der Waals surface area (Å²) in [6, 6.07) is 9.61. The van der Waals surface area contributed by atoms with Crippen LogP contribution in [-0.4, -0.2) is 36.6 Å². The van der Waals surface area contributed by atoms with Gasteiger partial charge in [-0.05, 0) is 59.7 Å². The van der Waals surface area contributed by atoms with Crippen LogP contribution in [0.1, 0.15) is 42.5 Å². The molecule has 0 saturated carbocycles. The van der Waals surface area contributed by atoms with Gasteiger partial charge in [0.2, 0.25) is 5.91 Å². The third-order valence-corrected chi connectivity index (χ3v) is 5.55. The van der Waals surface area contributed by atoms with Crippen molar-refractivity contribution in [3.8, 4) is 5.75 Å². The Hall–Kier alpha value is -2.78. The fourth-order valence-corrected chi connectivity index (χ4v) is 3.97. The lowest BCUT2D eigenvalue weighted by atomic mass is 9.96. The quantitative estimate of drug-likeness (QED) is 0.443. The third-order valence-electron chi connectivity index (χ3n) is 5.55. The number of ether oxygens (including phenoxy) is 1. The van der Waals surface area contributed by atoms with Crippen LogP contribution in [-0.2, 0) is 35.2 Å². The molecule has 2 aromatic carbocycles. The fraction of sp³-hybridized carbons (Fsp3) is 0.440. The number of carboxylic acid groups (broad SMARTS) is 1. The number of aliphatic carboxylic acids is 1. The lowest BCUT2D eigenvalue weighted by Crippen LogP contribution is -2.37. The maximum atomic E-state index is 13.5. The molecule has 35 heavy (non-hydrogen) atoms. The minimum Gasteiger partial charge on any atom is -0.489 e. The van der Waals surface area contributed by atoms with Crippen LogP contribution in [0.5, 0.6) is 5.75 Å². The number of carboxylic acids is 1. The highest BCUT2D eigenvalue weighted by Gasteiger charge is 2.33. The van der Waals surface area contributed by atoms with E-state index in [0.29, 0.717) is 30.7 Å². The number of amides is 1. The number of nitrogens with zero attached hydrogens (tertiary/aromatic N) is 1. The van der Waals surface area contributed by atoms with E-state index in [1.807, 2.05) is 13.8 Å². The molecule has 1 aliphatic heterocycles. The second-order valence-corrected chi connectivity index (χ2v) is 8.78. The first-order chi connectivity index (χ1) is 16.0. The maximum absolute atomic E-state index is 13.5. The summed E-state index contributed by atoms with van der Waals surface area (Å²) in [6.45, 7) is 4.53. The van der Waals surface area contributed by atoms with Crippen LogP contribution in [0.4, 0.5) is 18.9 Å². The molecule has 10 heteroatoms. The van der Waals surface area contributed by atoms with Gasteiger partial charge >= 0.3 is 12.1 Å². The van der Waals surface area contributed by atoms with Crippen molar-refractivity contribution in [3.05, 3.63) is 58.7 Å². The van der Waals surface area contributed by atoms with Crippen LogP contribution in [0.2, 0.25) is 0 Å². The number of hydrogen-bond donors (Lipinski definition) is 2. The van der Waals surface area contributed by atoms with Gasteiger partial charge in [-0.15, -0.1) is 12.4 Å². The molecule has 2 aromatic rings. The summed E-state index contributed by atoms with van der Waals surface area (Å²) in [5.74, 6) is -0.451. The molecular formula is C25H30ClF3N2O4. The van der Waals surface area contributed by atoms with Gasteiger partial charge in [0, 0.05) is 18.8 Å². The first kappa shape index (κ1) is 28.5. The minimum atomic E-state index is -4.42. The van der Waals surface area contributed by atoms with Crippen molar-refractivity contribution < 1.29 is 32.6 Å². The number of nitrogens with one attached hydrogen (secondary N) is 1. The van der Waals surface area contributed by atoms with Crippen LogP contribution in [0.3, 0.4) is 0 Å². The standard InChI is InChI=1S/C25H29F3N2O4.ClH/c1-16(2)11-18-4-3-17(12-21(18)25(26,27)28)15-34-20-5-6-22-19(13-20)8-10-30(22)23(31)14-29-9-7-24(32)33;/h3-6,12-13,16,29H,7-11,14-15H2,1-2H3,(H,32,33);1H. The van der Waals surface area contributed by atoms with Crippen LogP contribution in [0, 0.1) is 5.92 Å². The molecule has 3 rings (SSSR count). The fourth-order valence-electron chi connectivity index (χ4n) is 3.97. The molecule has 0 aromatic heterocycles. The highest BCUT2D eigenvalue weighted by atomic mass is 35.5. The highest BCUT2D eigenvalue weighted by Crippen LogP contribution is 2.35. The molecule has 2 N–H and O–H groups in total. The van der Waals surface area contributed by atoms with Crippen molar-refractivity contribution in [2.75, 3.05) is 24.5 Å². The molecule has 1 amide bonds. The summed E-state index contributed by atoms with van der Waals surface area (Å²) < 4.78 is 46.3. The van der Waals surface area contributed by atoms with E-state index in [9.17, 15) is 22.8 Å². The van der Waals surface area contributed by atoms with E-state index in [-0.39, 0.29) is 55.9 Å². The summed E-state index contributed by atoms with van der Waals surface area (Å²) >= 11 is 0. The number of halogens is 4. The number of benzene rings is 2. The van der Waals surface area contributed by atoms with Crippen LogP contribution < -0.4 is 15.0 Å². The number of carbonyl (C=O) groups is 2. The van der Waals surface area contributed by atoms with Crippen molar-refractivity contribution in [3.63, 3.8) is 0 Å². The van der Waals surface area contributed by atoms with Gasteiger partial charge in [-0.25, -0.2) is 0 Å². The molecule has 0 atom stereocenters. The van der Waals surface area contributed by atoms with E-state index in [0.717, 1.165) is 17.3 Å². The zero-order valence-electron chi connectivity index (χ0n) is 19.7. The molecule has 0 radical (unpaired) electrons. The van der Waals surface area contributed by atoms with Crippen LogP contribution >= 0.6 is 12.4 Å². The molecule has 1 heterocycles. The van der Waals surface area contributed by atoms with Gasteiger partial charge in [0.05, 0.1) is 18.5 Å². The lowest BCUT2D eigenvalue weighted by molar-refractivity contribution is -0.138. The number of carbonyl (C=O) groups excluding carboxylic acids is 1. The summed E-state index contributed by atoms with van der Waals surface area (Å²) in [4.78, 5) is 24.6. The smallest absolute Gasteiger partial charge is 0.416 e. The van der Waals surface area contributed by atoms with Crippen molar-refractivity contribution in [1.29, 1.82) is 0 Å². The normalized spacial score (nSPS) is 12.9. The predicted octanol–water partition coefficient (Wildman–Crippen LogP) is 4.86. The Morgan fingerprint density at radius 3 is 2.57 bits per heavy atom. The molecule has 0 spiro atoms. The number of fused-ring (bicyclic) bond motifs is 1. The Morgan fingerprint density at radius 1 is 1.17 bits per heavy atom. The van der Waals surface area contributed by atoms with E-state index in [1.165, 1.54) is 6.07 Å². The summed E-state index contributed by atoms with van der Waals surface area (Å²) in [5, 5.41) is 11.5. The van der Waals surface area contributed by atoms with Gasteiger partial charge in [0.25, 0.3) is 0 Å². The Labute approximate surface area is 208 Å². The minimum absolute atomic E-state index is 0. The summed E-state index contributed by atoms with van der Waals surface area (Å²) in [7, 11) is 0. The Kier molecular flexibility index (Phi) is 9.97. The molecule has 0 bridgehead atoms. The van der Waals surface area contributed by atoms with E-state index in [2.05, 4.69) is 5.32 Å². The maximum Gasteiger partial charge on any atom is 0.416 e. The van der Waals surface area contributed by atoms with Gasteiger partial charge in [0.15, 0.2) is 0 Å². The van der Waals surface area contributed by atoms with E-state index in [4.69, 9.17) is 9.84 Å². The van der Waals surface area contributed by atoms with Crippen LogP contribution in [0.15, 0.2) is 36.4 Å². The van der Waals surface area contributed by atoms with Gasteiger partial charge in [0.1, 0.15) is 12.4 Å². The average molecular weight is 515 g/mol. The first-order valence-electron chi connectivity index (χ1n) is 11.2. The topological polar surface area (TPSA) is 78.9 Å². The zero-order valence-corrected chi connectivity index (χ0v) is 20.5. The largest absolute Gasteiger partial charge is 0.489 e. The van der Waals surface area contributed by atoms with Crippen molar-refractivity contribution in [2.45, 2.75) is 45.9 Å². The second-order valence-electron chi connectivity index (χ2n) is 8.78. The molecule has 1 aliphatic rings. The highest BCUT2D eigenvalue weighted by molar-refractivity contribution is 5.96. The number of rotatable bonds is 10. The summed E-state index contributed by atoms with van der Waals surface area (Å²) in [5.41, 5.74) is 1.77. The number of hydrogen-bond acceptors (Lipinski definition) is 4. The Balaban J connectivity index is 0.00000432. The SMILES string of the molecule is CC(C)Cc1ccc(COc2ccc3c(c2)CCN3C(=O)CNCCC(=O)O)cc1C(F)(F)F.Cl. The van der Waals surface area contributed by atoms with Gasteiger partial charge in [-0.1, -0.05) is 26.0 Å². The Morgan fingerprint density at radius 2 is 1.91 bits per heavy atom. The van der Waals surface area contributed by atoms with E-state index in [1.54, 1.807) is 29.2 Å². The van der Waals surface area contributed by atoms with Crippen molar-refractivity contribution in [2.24, 2.45) is 5.92 Å². The third kappa shape index (κ3) is 7.86. The van der Waals surface area contributed by atoms with Gasteiger partial charge in [-0.3, -0.25) is 9.59 Å². The van der Waals surface area contributed by atoms with Gasteiger partial charge < -0.3 is 20.1 Å². The van der Waals surface area contributed by atoms with Crippen LogP contribution in [0.25, 0.3) is 0 Å². The zero-order chi connectivity index (χ0) is 24.9. The molecule has 0 aliphatic carbocycles. The second kappa shape index (κ2) is 12.3. The first-order valence-corrected chi connectivity index (χ1v) is 11.2. The van der Waals surface area contributed by atoms with Crippen molar-refractivity contribution in [1.82, 2.24) is 5.32 Å². The Bertz CT molecular complexity index is 1040. The molecule has 0 fully saturated rings. The number of anilines is 1. The molecular weight excluding hydrogens is 485 g/mol. The average Bonchev–Trinajstić information content (AvgIpc) is 3.18. The van der Waals surface area contributed by atoms with E-state index >= 15 is 0 Å². The monoisotopic (exact) mass is 514 g/mol. The molecule has 0 unspecified atom stereocenters. The molecule has 192 valence electrons.